The SMILES string of the molecule is Cc1ccc2nc(-c3ccc(C)c(C)c3)c(N=Nc3ccccc3C)n2c1. The van der Waals surface area contributed by atoms with Gasteiger partial charge in [0.25, 0.3) is 0 Å². The number of aryl methyl sites for hydroxylation is 4. The van der Waals surface area contributed by atoms with Crippen LogP contribution >= 0.6 is 0 Å². The third kappa shape index (κ3) is 3.26. The first-order chi connectivity index (χ1) is 13.0. The van der Waals surface area contributed by atoms with Crippen molar-refractivity contribution in [2.45, 2.75) is 27.7 Å². The van der Waals surface area contributed by atoms with E-state index in [1.54, 1.807) is 0 Å². The average molecular weight is 354 g/mol. The van der Waals surface area contributed by atoms with Crippen LogP contribution in [0.15, 0.2) is 71.0 Å². The molecule has 0 spiro atoms. The number of hydrogen-bond donors (Lipinski definition) is 0. The van der Waals surface area contributed by atoms with Gasteiger partial charge in [-0.3, -0.25) is 4.40 Å². The molecule has 0 saturated heterocycles. The lowest BCUT2D eigenvalue weighted by molar-refractivity contribution is 1.09. The summed E-state index contributed by atoms with van der Waals surface area (Å²) in [5.74, 6) is 0.750. The summed E-state index contributed by atoms with van der Waals surface area (Å²) in [6, 6.07) is 18.5. The molecule has 0 aliphatic rings. The van der Waals surface area contributed by atoms with Gasteiger partial charge < -0.3 is 0 Å². The summed E-state index contributed by atoms with van der Waals surface area (Å²) in [4.78, 5) is 4.84. The van der Waals surface area contributed by atoms with Gasteiger partial charge in [-0.15, -0.1) is 10.2 Å². The number of nitrogens with zero attached hydrogens (tertiary/aromatic N) is 4. The van der Waals surface area contributed by atoms with Gasteiger partial charge in [0.2, 0.25) is 0 Å². The first-order valence-corrected chi connectivity index (χ1v) is 9.06. The molecule has 2 aromatic heterocycles. The summed E-state index contributed by atoms with van der Waals surface area (Å²) >= 11 is 0. The molecule has 0 amide bonds. The van der Waals surface area contributed by atoms with Crippen molar-refractivity contribution in [3.8, 4) is 11.3 Å². The van der Waals surface area contributed by atoms with E-state index in [0.29, 0.717) is 0 Å². The molecular formula is C23H22N4. The number of pyridine rings is 1. The van der Waals surface area contributed by atoms with Crippen molar-refractivity contribution in [1.29, 1.82) is 0 Å². The molecule has 0 saturated carbocycles. The second-order valence-electron chi connectivity index (χ2n) is 7.00. The Morgan fingerprint density at radius 2 is 1.59 bits per heavy atom. The Morgan fingerprint density at radius 1 is 0.778 bits per heavy atom. The number of imidazole rings is 1. The Hall–Kier alpha value is -3.27. The Balaban J connectivity index is 1.92. The van der Waals surface area contributed by atoms with Gasteiger partial charge in [0, 0.05) is 11.8 Å². The van der Waals surface area contributed by atoms with E-state index < -0.39 is 0 Å². The Labute approximate surface area is 159 Å². The van der Waals surface area contributed by atoms with Crippen LogP contribution in [0.4, 0.5) is 11.5 Å². The van der Waals surface area contributed by atoms with Crippen LogP contribution in [0.3, 0.4) is 0 Å². The Kier molecular flexibility index (Phi) is 4.32. The number of azo groups is 1. The fourth-order valence-electron chi connectivity index (χ4n) is 3.09. The third-order valence-corrected chi connectivity index (χ3v) is 4.89. The molecule has 2 heterocycles. The summed E-state index contributed by atoms with van der Waals surface area (Å²) < 4.78 is 2.02. The van der Waals surface area contributed by atoms with E-state index in [1.165, 1.54) is 11.1 Å². The molecule has 4 heteroatoms. The largest absolute Gasteiger partial charge is 0.282 e. The van der Waals surface area contributed by atoms with Crippen molar-refractivity contribution in [2.24, 2.45) is 10.2 Å². The van der Waals surface area contributed by atoms with E-state index in [2.05, 4.69) is 61.5 Å². The molecule has 2 aromatic carbocycles. The van der Waals surface area contributed by atoms with E-state index >= 15 is 0 Å². The summed E-state index contributed by atoms with van der Waals surface area (Å²) in [6.07, 6.45) is 2.05. The maximum atomic E-state index is 4.84. The summed E-state index contributed by atoms with van der Waals surface area (Å²) in [5, 5.41) is 9.14. The van der Waals surface area contributed by atoms with Gasteiger partial charge in [-0.05, 0) is 68.1 Å². The molecule has 0 bridgehead atoms. The van der Waals surface area contributed by atoms with Crippen LogP contribution < -0.4 is 0 Å². The highest BCUT2D eigenvalue weighted by Gasteiger charge is 2.15. The normalized spacial score (nSPS) is 11.6. The van der Waals surface area contributed by atoms with Gasteiger partial charge >= 0.3 is 0 Å². The van der Waals surface area contributed by atoms with Crippen LogP contribution in [0.2, 0.25) is 0 Å². The first-order valence-electron chi connectivity index (χ1n) is 9.06. The third-order valence-electron chi connectivity index (χ3n) is 4.89. The molecule has 4 rings (SSSR count). The molecule has 134 valence electrons. The van der Waals surface area contributed by atoms with Crippen molar-refractivity contribution in [2.75, 3.05) is 0 Å². The zero-order chi connectivity index (χ0) is 19.0. The van der Waals surface area contributed by atoms with Crippen molar-refractivity contribution in [1.82, 2.24) is 9.38 Å². The van der Waals surface area contributed by atoms with Crippen LogP contribution in [0.25, 0.3) is 16.9 Å². The molecule has 0 radical (unpaired) electrons. The molecule has 4 nitrogen and oxygen atoms in total. The highest BCUT2D eigenvalue weighted by Crippen LogP contribution is 2.33. The average Bonchev–Trinajstić information content (AvgIpc) is 3.01. The first kappa shape index (κ1) is 17.2. The van der Waals surface area contributed by atoms with Crippen molar-refractivity contribution in [3.05, 3.63) is 83.0 Å². The predicted molar refractivity (Wildman–Crippen MR) is 110 cm³/mol. The van der Waals surface area contributed by atoms with Crippen molar-refractivity contribution < 1.29 is 0 Å². The van der Waals surface area contributed by atoms with Gasteiger partial charge in [0.15, 0.2) is 5.82 Å². The minimum atomic E-state index is 0.750. The zero-order valence-electron chi connectivity index (χ0n) is 16.1. The van der Waals surface area contributed by atoms with Crippen molar-refractivity contribution >= 4 is 17.2 Å². The highest BCUT2D eigenvalue weighted by molar-refractivity contribution is 5.75. The lowest BCUT2D eigenvalue weighted by atomic mass is 10.0. The fraction of sp³-hybridized carbons (Fsp3) is 0.174. The highest BCUT2D eigenvalue weighted by atomic mass is 15.2. The topological polar surface area (TPSA) is 42.0 Å². The molecular weight excluding hydrogens is 332 g/mol. The second kappa shape index (κ2) is 6.80. The van der Waals surface area contributed by atoms with Gasteiger partial charge in [-0.1, -0.05) is 36.4 Å². The standard InChI is InChI=1S/C23H22N4/c1-15-9-12-21-24-22(19-11-10-16(2)18(4)13-19)23(27(21)14-15)26-25-20-8-6-5-7-17(20)3/h5-14H,1-4H3. The minimum absolute atomic E-state index is 0.750. The molecule has 4 aromatic rings. The molecule has 0 aliphatic heterocycles. The maximum Gasteiger partial charge on any atom is 0.187 e. The Morgan fingerprint density at radius 3 is 2.37 bits per heavy atom. The molecule has 27 heavy (non-hydrogen) atoms. The number of aromatic nitrogens is 2. The van der Waals surface area contributed by atoms with Gasteiger partial charge in [0.1, 0.15) is 11.3 Å². The summed E-state index contributed by atoms with van der Waals surface area (Å²) in [5.41, 5.74) is 8.39. The molecule has 0 N–H and O–H groups in total. The predicted octanol–water partition coefficient (Wildman–Crippen LogP) is 6.65. The molecule has 0 atom stereocenters. The minimum Gasteiger partial charge on any atom is -0.282 e. The number of fused-ring (bicyclic) bond motifs is 1. The lowest BCUT2D eigenvalue weighted by Gasteiger charge is -2.04. The van der Waals surface area contributed by atoms with E-state index in [1.807, 2.05) is 41.7 Å². The van der Waals surface area contributed by atoms with E-state index in [9.17, 15) is 0 Å². The summed E-state index contributed by atoms with van der Waals surface area (Å²) in [7, 11) is 0. The fourth-order valence-corrected chi connectivity index (χ4v) is 3.09. The monoisotopic (exact) mass is 354 g/mol. The van der Waals surface area contributed by atoms with Gasteiger partial charge in [0.05, 0.1) is 5.69 Å². The van der Waals surface area contributed by atoms with E-state index in [4.69, 9.17) is 4.98 Å². The Bertz CT molecular complexity index is 1170. The molecule has 0 aliphatic carbocycles. The van der Waals surface area contributed by atoms with Crippen LogP contribution in [-0.4, -0.2) is 9.38 Å². The number of benzene rings is 2. The van der Waals surface area contributed by atoms with E-state index in [0.717, 1.165) is 39.5 Å². The lowest BCUT2D eigenvalue weighted by Crippen LogP contribution is -1.86. The molecule has 0 unspecified atom stereocenters. The van der Waals surface area contributed by atoms with Crippen LogP contribution in [0.5, 0.6) is 0 Å². The van der Waals surface area contributed by atoms with Crippen molar-refractivity contribution in [3.63, 3.8) is 0 Å². The number of rotatable bonds is 3. The zero-order valence-corrected chi connectivity index (χ0v) is 16.1. The quantitative estimate of drug-likeness (QED) is 0.380. The van der Waals surface area contributed by atoms with Crippen LogP contribution in [0.1, 0.15) is 22.3 Å². The number of hydrogen-bond acceptors (Lipinski definition) is 3. The second-order valence-corrected chi connectivity index (χ2v) is 7.00. The van der Waals surface area contributed by atoms with Gasteiger partial charge in [-0.25, -0.2) is 4.98 Å². The van der Waals surface area contributed by atoms with E-state index in [-0.39, 0.29) is 0 Å². The molecule has 0 fully saturated rings. The van der Waals surface area contributed by atoms with Crippen LogP contribution in [0, 0.1) is 27.7 Å². The van der Waals surface area contributed by atoms with Crippen LogP contribution in [-0.2, 0) is 0 Å². The summed E-state index contributed by atoms with van der Waals surface area (Å²) in [6.45, 7) is 8.34. The van der Waals surface area contributed by atoms with Gasteiger partial charge in [-0.2, -0.15) is 0 Å². The maximum absolute atomic E-state index is 4.84. The smallest absolute Gasteiger partial charge is 0.187 e.